The molecule has 2 rings (SSSR count). The monoisotopic (exact) mass is 253 g/mol. The summed E-state index contributed by atoms with van der Waals surface area (Å²) in [6.07, 6.45) is 3.04. The second-order valence-corrected chi connectivity index (χ2v) is 4.51. The Labute approximate surface area is 106 Å². The van der Waals surface area contributed by atoms with Gasteiger partial charge in [0.1, 0.15) is 11.3 Å². The Balaban J connectivity index is 2.00. The van der Waals surface area contributed by atoms with Crippen molar-refractivity contribution in [1.82, 2.24) is 4.90 Å². The van der Waals surface area contributed by atoms with Gasteiger partial charge in [-0.3, -0.25) is 4.90 Å². The summed E-state index contributed by atoms with van der Waals surface area (Å²) in [6.45, 7) is 4.21. The average molecular weight is 253 g/mol. The lowest BCUT2D eigenvalue weighted by atomic mass is 10.1. The molecule has 0 spiro atoms. The highest BCUT2D eigenvalue weighted by Gasteiger charge is 2.22. The minimum Gasteiger partial charge on any atom is -0.467 e. The lowest BCUT2D eigenvalue weighted by Crippen LogP contribution is -2.37. The van der Waals surface area contributed by atoms with Crippen molar-refractivity contribution in [3.8, 4) is 0 Å². The van der Waals surface area contributed by atoms with Crippen molar-refractivity contribution in [3.05, 3.63) is 23.7 Å². The molecule has 1 N–H and O–H groups in total. The van der Waals surface area contributed by atoms with Gasteiger partial charge >= 0.3 is 5.97 Å². The van der Waals surface area contributed by atoms with Crippen LogP contribution in [0.4, 0.5) is 0 Å². The Kier molecular flexibility index (Phi) is 4.38. The van der Waals surface area contributed by atoms with E-state index in [4.69, 9.17) is 9.15 Å². The van der Waals surface area contributed by atoms with Gasteiger partial charge in [0.05, 0.1) is 25.5 Å². The highest BCUT2D eigenvalue weighted by atomic mass is 16.5. The molecular weight excluding hydrogens is 234 g/mol. The number of aliphatic hydroxyl groups is 1. The van der Waals surface area contributed by atoms with Crippen molar-refractivity contribution in [2.45, 2.75) is 32.4 Å². The minimum absolute atomic E-state index is 0.278. The number of ether oxygens (including phenoxy) is 1. The van der Waals surface area contributed by atoms with Crippen LogP contribution in [0.1, 0.15) is 35.9 Å². The van der Waals surface area contributed by atoms with Gasteiger partial charge < -0.3 is 14.3 Å². The largest absolute Gasteiger partial charge is 0.467 e. The molecule has 0 radical (unpaired) electrons. The van der Waals surface area contributed by atoms with Crippen LogP contribution in [-0.4, -0.2) is 41.8 Å². The fourth-order valence-electron chi connectivity index (χ4n) is 2.23. The van der Waals surface area contributed by atoms with Gasteiger partial charge in [-0.1, -0.05) is 0 Å². The molecule has 18 heavy (non-hydrogen) atoms. The molecule has 2 heterocycles. The zero-order valence-electron chi connectivity index (χ0n) is 10.6. The van der Waals surface area contributed by atoms with Gasteiger partial charge in [0, 0.05) is 6.54 Å². The van der Waals surface area contributed by atoms with E-state index in [1.54, 1.807) is 13.0 Å². The minimum atomic E-state index is -0.348. The van der Waals surface area contributed by atoms with Crippen LogP contribution in [0.25, 0.3) is 0 Å². The van der Waals surface area contributed by atoms with Gasteiger partial charge in [0.25, 0.3) is 0 Å². The normalized spacial score (nSPS) is 20.9. The van der Waals surface area contributed by atoms with E-state index in [-0.39, 0.29) is 12.1 Å². The van der Waals surface area contributed by atoms with Gasteiger partial charge in [-0.05, 0) is 32.4 Å². The van der Waals surface area contributed by atoms with Crippen LogP contribution < -0.4 is 0 Å². The maximum absolute atomic E-state index is 11.7. The van der Waals surface area contributed by atoms with Crippen molar-refractivity contribution >= 4 is 5.97 Å². The van der Waals surface area contributed by atoms with Crippen LogP contribution in [0, 0.1) is 0 Å². The molecule has 0 bridgehead atoms. The highest BCUT2D eigenvalue weighted by Crippen LogP contribution is 2.18. The van der Waals surface area contributed by atoms with Crippen molar-refractivity contribution < 1.29 is 19.1 Å². The van der Waals surface area contributed by atoms with Gasteiger partial charge in [-0.2, -0.15) is 0 Å². The first-order valence-corrected chi connectivity index (χ1v) is 6.34. The number of rotatable bonds is 4. The molecule has 0 saturated carbocycles. The van der Waals surface area contributed by atoms with Crippen molar-refractivity contribution in [2.24, 2.45) is 0 Å². The fourth-order valence-corrected chi connectivity index (χ4v) is 2.23. The first-order chi connectivity index (χ1) is 8.70. The number of hydrogen-bond acceptors (Lipinski definition) is 5. The first kappa shape index (κ1) is 13.1. The maximum atomic E-state index is 11.7. The molecule has 0 aromatic carbocycles. The number of hydrogen-bond donors (Lipinski definition) is 1. The third-order valence-corrected chi connectivity index (χ3v) is 3.09. The van der Waals surface area contributed by atoms with Gasteiger partial charge in [0.2, 0.25) is 0 Å². The predicted octanol–water partition coefficient (Wildman–Crippen LogP) is 1.41. The molecule has 0 amide bonds. The number of carbonyl (C=O) groups is 1. The summed E-state index contributed by atoms with van der Waals surface area (Å²) in [5, 5.41) is 9.61. The SMILES string of the molecule is CCOC(=O)c1ccoc1CN1CCC[C@@H](O)C1. The molecule has 100 valence electrons. The van der Waals surface area contributed by atoms with Gasteiger partial charge in [-0.25, -0.2) is 4.79 Å². The molecule has 1 fully saturated rings. The van der Waals surface area contributed by atoms with Crippen LogP contribution in [0.2, 0.25) is 0 Å². The summed E-state index contributed by atoms with van der Waals surface area (Å²) >= 11 is 0. The zero-order chi connectivity index (χ0) is 13.0. The molecule has 0 unspecified atom stereocenters. The number of furan rings is 1. The Morgan fingerprint density at radius 3 is 3.22 bits per heavy atom. The summed E-state index contributed by atoms with van der Waals surface area (Å²) in [4.78, 5) is 13.8. The second-order valence-electron chi connectivity index (χ2n) is 4.51. The van der Waals surface area contributed by atoms with E-state index in [0.717, 1.165) is 19.4 Å². The van der Waals surface area contributed by atoms with E-state index < -0.39 is 0 Å². The number of β-amino-alcohol motifs (C(OH)–C–C–N with tert-alkyl or cyclic N) is 1. The topological polar surface area (TPSA) is 62.9 Å². The molecule has 1 aliphatic rings. The predicted molar refractivity (Wildman–Crippen MR) is 65.2 cm³/mol. The summed E-state index contributed by atoms with van der Waals surface area (Å²) in [5.74, 6) is 0.265. The fraction of sp³-hybridized carbons (Fsp3) is 0.615. The number of aliphatic hydroxyl groups excluding tert-OH is 1. The van der Waals surface area contributed by atoms with Crippen LogP contribution in [0.3, 0.4) is 0 Å². The third kappa shape index (κ3) is 3.11. The van der Waals surface area contributed by atoms with Crippen LogP contribution in [0.5, 0.6) is 0 Å². The van der Waals surface area contributed by atoms with Crippen molar-refractivity contribution in [2.75, 3.05) is 19.7 Å². The lowest BCUT2D eigenvalue weighted by molar-refractivity contribution is 0.0511. The Morgan fingerprint density at radius 1 is 1.67 bits per heavy atom. The summed E-state index contributed by atoms with van der Waals surface area (Å²) in [7, 11) is 0. The first-order valence-electron chi connectivity index (χ1n) is 6.34. The maximum Gasteiger partial charge on any atom is 0.341 e. The van der Waals surface area contributed by atoms with E-state index >= 15 is 0 Å². The molecule has 1 atom stereocenters. The molecule has 1 aliphatic heterocycles. The summed E-state index contributed by atoms with van der Waals surface area (Å²) in [6, 6.07) is 1.63. The number of carbonyl (C=O) groups excluding carboxylic acids is 1. The second kappa shape index (κ2) is 6.02. The van der Waals surface area contributed by atoms with Crippen LogP contribution >= 0.6 is 0 Å². The van der Waals surface area contributed by atoms with E-state index in [1.807, 2.05) is 0 Å². The zero-order valence-corrected chi connectivity index (χ0v) is 10.6. The van der Waals surface area contributed by atoms with Crippen molar-refractivity contribution in [1.29, 1.82) is 0 Å². The Bertz CT molecular complexity index is 401. The van der Waals surface area contributed by atoms with Gasteiger partial charge in [-0.15, -0.1) is 0 Å². The molecule has 1 aromatic heterocycles. The number of likely N-dealkylation sites (tertiary alicyclic amines) is 1. The smallest absolute Gasteiger partial charge is 0.341 e. The van der Waals surface area contributed by atoms with E-state index in [2.05, 4.69) is 4.90 Å². The molecule has 5 nitrogen and oxygen atoms in total. The van der Waals surface area contributed by atoms with E-state index in [1.165, 1.54) is 6.26 Å². The average Bonchev–Trinajstić information content (AvgIpc) is 2.77. The Hall–Kier alpha value is -1.33. The molecule has 1 aromatic rings. The van der Waals surface area contributed by atoms with E-state index in [9.17, 15) is 9.90 Å². The molecule has 1 saturated heterocycles. The lowest BCUT2D eigenvalue weighted by Gasteiger charge is -2.29. The Morgan fingerprint density at radius 2 is 2.50 bits per heavy atom. The molecule has 5 heteroatoms. The number of esters is 1. The number of piperidine rings is 1. The van der Waals surface area contributed by atoms with Crippen molar-refractivity contribution in [3.63, 3.8) is 0 Å². The molecule has 0 aliphatic carbocycles. The van der Waals surface area contributed by atoms with Crippen LogP contribution in [-0.2, 0) is 11.3 Å². The summed E-state index contributed by atoms with van der Waals surface area (Å²) < 4.78 is 10.3. The standard InChI is InChI=1S/C13H19NO4/c1-2-17-13(16)11-5-7-18-12(11)9-14-6-3-4-10(15)8-14/h5,7,10,15H,2-4,6,8-9H2,1H3/t10-/m1/s1. The quantitative estimate of drug-likeness (QED) is 0.822. The highest BCUT2D eigenvalue weighted by molar-refractivity contribution is 5.90. The molecular formula is C13H19NO4. The number of nitrogens with zero attached hydrogens (tertiary/aromatic N) is 1. The third-order valence-electron chi connectivity index (χ3n) is 3.09. The summed E-state index contributed by atoms with van der Waals surface area (Å²) in [5.41, 5.74) is 0.483. The van der Waals surface area contributed by atoms with Gasteiger partial charge in [0.15, 0.2) is 0 Å². The van der Waals surface area contributed by atoms with Crippen LogP contribution in [0.15, 0.2) is 16.7 Å². The van der Waals surface area contributed by atoms with E-state index in [0.29, 0.717) is 31.0 Å².